The van der Waals surface area contributed by atoms with E-state index in [9.17, 15) is 19.5 Å². The predicted molar refractivity (Wildman–Crippen MR) is 124 cm³/mol. The van der Waals surface area contributed by atoms with Gasteiger partial charge in [-0.3, -0.25) is 9.59 Å². The van der Waals surface area contributed by atoms with Crippen molar-refractivity contribution in [3.05, 3.63) is 0 Å². The standard InChI is InChI=1S/C25H47NO4/c1-5-6-7-8-9-10-11-12-13-14-15-16-17-18-23(28)26-21(24(29)30)19-20-22(27)25(2,3)4/h21H,5-20H2,1-4H3,(H,26,28)(H,29,30). The number of amides is 1. The Balaban J connectivity index is 3.72. The third-order valence-corrected chi connectivity index (χ3v) is 5.64. The van der Waals surface area contributed by atoms with Gasteiger partial charge in [0.15, 0.2) is 0 Å². The molecule has 0 saturated heterocycles. The molecule has 0 heterocycles. The minimum atomic E-state index is -1.07. The van der Waals surface area contributed by atoms with Crippen LogP contribution in [0.25, 0.3) is 0 Å². The third kappa shape index (κ3) is 16.4. The highest BCUT2D eigenvalue weighted by atomic mass is 16.4. The van der Waals surface area contributed by atoms with Crippen LogP contribution in [0.4, 0.5) is 0 Å². The van der Waals surface area contributed by atoms with Gasteiger partial charge in [0.25, 0.3) is 0 Å². The number of carboxylic acid groups (broad SMARTS) is 1. The lowest BCUT2D eigenvalue weighted by Gasteiger charge is -2.19. The van der Waals surface area contributed by atoms with Gasteiger partial charge in [0.1, 0.15) is 11.8 Å². The summed E-state index contributed by atoms with van der Waals surface area (Å²) in [6.07, 6.45) is 16.9. The smallest absolute Gasteiger partial charge is 0.326 e. The summed E-state index contributed by atoms with van der Waals surface area (Å²) in [5, 5.41) is 11.9. The quantitative estimate of drug-likeness (QED) is 0.233. The number of ketones is 1. The van der Waals surface area contributed by atoms with Crippen LogP contribution in [0.5, 0.6) is 0 Å². The number of hydrogen-bond donors (Lipinski definition) is 2. The average Bonchev–Trinajstić information content (AvgIpc) is 2.67. The highest BCUT2D eigenvalue weighted by Gasteiger charge is 2.25. The Morgan fingerprint density at radius 2 is 1.17 bits per heavy atom. The molecule has 0 aromatic rings. The minimum absolute atomic E-state index is 0.0134. The van der Waals surface area contributed by atoms with E-state index in [1.165, 1.54) is 64.2 Å². The molecule has 0 fully saturated rings. The SMILES string of the molecule is CCCCCCCCCCCCCCCC(=O)NC(CCC(=O)C(C)(C)C)C(=O)O. The topological polar surface area (TPSA) is 83.5 Å². The summed E-state index contributed by atoms with van der Waals surface area (Å²) < 4.78 is 0. The number of carbonyl (C=O) groups is 3. The lowest BCUT2D eigenvalue weighted by molar-refractivity contribution is -0.142. The molecular weight excluding hydrogens is 378 g/mol. The van der Waals surface area contributed by atoms with Crippen LogP contribution in [-0.4, -0.2) is 28.8 Å². The Kier molecular flexibility index (Phi) is 16.5. The highest BCUT2D eigenvalue weighted by molar-refractivity contribution is 5.86. The number of Topliss-reactive ketones (excluding diaryl/α,β-unsaturated/α-hetero) is 1. The summed E-state index contributed by atoms with van der Waals surface area (Å²) in [6.45, 7) is 7.70. The molecule has 2 N–H and O–H groups in total. The van der Waals surface area contributed by atoms with Crippen molar-refractivity contribution >= 4 is 17.7 Å². The van der Waals surface area contributed by atoms with Gasteiger partial charge in [-0.15, -0.1) is 0 Å². The van der Waals surface area contributed by atoms with Crippen molar-refractivity contribution < 1.29 is 19.5 Å². The summed E-state index contributed by atoms with van der Waals surface area (Å²) >= 11 is 0. The van der Waals surface area contributed by atoms with E-state index in [0.717, 1.165) is 19.3 Å². The molecule has 5 nitrogen and oxygen atoms in total. The molecule has 30 heavy (non-hydrogen) atoms. The van der Waals surface area contributed by atoms with Gasteiger partial charge in [-0.1, -0.05) is 105 Å². The second-order valence-electron chi connectivity index (χ2n) is 9.66. The van der Waals surface area contributed by atoms with Gasteiger partial charge in [0.05, 0.1) is 0 Å². The first-order valence-corrected chi connectivity index (χ1v) is 12.2. The van der Waals surface area contributed by atoms with Gasteiger partial charge in [-0.05, 0) is 12.8 Å². The molecule has 1 atom stereocenters. The molecule has 0 aromatic heterocycles. The molecule has 0 saturated carbocycles. The van der Waals surface area contributed by atoms with Gasteiger partial charge in [-0.2, -0.15) is 0 Å². The van der Waals surface area contributed by atoms with Gasteiger partial charge >= 0.3 is 5.97 Å². The van der Waals surface area contributed by atoms with Gasteiger partial charge in [0.2, 0.25) is 5.91 Å². The fraction of sp³-hybridized carbons (Fsp3) is 0.880. The molecule has 0 aliphatic carbocycles. The Morgan fingerprint density at radius 1 is 0.733 bits per heavy atom. The molecule has 0 radical (unpaired) electrons. The zero-order chi connectivity index (χ0) is 22.8. The second-order valence-corrected chi connectivity index (χ2v) is 9.66. The first kappa shape index (κ1) is 28.6. The summed E-state index contributed by atoms with van der Waals surface area (Å²) in [5.41, 5.74) is -0.484. The fourth-order valence-corrected chi connectivity index (χ4v) is 3.48. The number of aliphatic carboxylic acids is 1. The van der Waals surface area contributed by atoms with Crippen molar-refractivity contribution in [2.75, 3.05) is 0 Å². The maximum absolute atomic E-state index is 12.0. The number of rotatable bonds is 19. The van der Waals surface area contributed by atoms with Crippen molar-refractivity contribution in [2.45, 2.75) is 136 Å². The summed E-state index contributed by atoms with van der Waals surface area (Å²) in [7, 11) is 0. The molecular formula is C25H47NO4. The van der Waals surface area contributed by atoms with E-state index in [4.69, 9.17) is 0 Å². The van der Waals surface area contributed by atoms with Crippen molar-refractivity contribution in [3.63, 3.8) is 0 Å². The molecule has 5 heteroatoms. The van der Waals surface area contributed by atoms with Crippen molar-refractivity contribution in [2.24, 2.45) is 5.41 Å². The minimum Gasteiger partial charge on any atom is -0.480 e. The van der Waals surface area contributed by atoms with E-state index in [2.05, 4.69) is 12.2 Å². The molecule has 0 rings (SSSR count). The van der Waals surface area contributed by atoms with Crippen molar-refractivity contribution in [3.8, 4) is 0 Å². The fourth-order valence-electron chi connectivity index (χ4n) is 3.48. The van der Waals surface area contributed by atoms with E-state index in [-0.39, 0.29) is 24.5 Å². The predicted octanol–water partition coefficient (Wildman–Crippen LogP) is 6.43. The van der Waals surface area contributed by atoms with Crippen LogP contribution in [0.3, 0.4) is 0 Å². The van der Waals surface area contributed by atoms with Crippen LogP contribution in [0, 0.1) is 5.41 Å². The lowest BCUT2D eigenvalue weighted by atomic mass is 9.87. The van der Waals surface area contributed by atoms with E-state index in [1.54, 1.807) is 0 Å². The van der Waals surface area contributed by atoms with Crippen LogP contribution >= 0.6 is 0 Å². The first-order chi connectivity index (χ1) is 14.2. The van der Waals surface area contributed by atoms with Crippen LogP contribution in [0.1, 0.15) is 130 Å². The van der Waals surface area contributed by atoms with E-state index in [1.807, 2.05) is 20.8 Å². The Hall–Kier alpha value is -1.39. The van der Waals surface area contributed by atoms with Gasteiger partial charge in [-0.25, -0.2) is 4.79 Å². The van der Waals surface area contributed by atoms with Crippen molar-refractivity contribution in [1.82, 2.24) is 5.32 Å². The summed E-state index contributed by atoms with van der Waals surface area (Å²) in [5.74, 6) is -1.29. The highest BCUT2D eigenvalue weighted by Crippen LogP contribution is 2.18. The second kappa shape index (κ2) is 17.3. The molecule has 0 aromatic carbocycles. The van der Waals surface area contributed by atoms with Crippen molar-refractivity contribution in [1.29, 1.82) is 0 Å². The van der Waals surface area contributed by atoms with E-state index >= 15 is 0 Å². The summed E-state index contributed by atoms with van der Waals surface area (Å²) in [4.78, 5) is 35.4. The zero-order valence-corrected chi connectivity index (χ0v) is 20.1. The van der Waals surface area contributed by atoms with Crippen LogP contribution in [0.2, 0.25) is 0 Å². The maximum Gasteiger partial charge on any atom is 0.326 e. The lowest BCUT2D eigenvalue weighted by Crippen LogP contribution is -2.41. The monoisotopic (exact) mass is 425 g/mol. The Labute approximate surface area is 184 Å². The molecule has 1 unspecified atom stereocenters. The average molecular weight is 426 g/mol. The number of hydrogen-bond acceptors (Lipinski definition) is 3. The Morgan fingerprint density at radius 3 is 1.57 bits per heavy atom. The molecule has 176 valence electrons. The molecule has 0 bridgehead atoms. The summed E-state index contributed by atoms with van der Waals surface area (Å²) in [6, 6.07) is -0.981. The normalized spacial score (nSPS) is 12.5. The maximum atomic E-state index is 12.0. The number of unbranched alkanes of at least 4 members (excludes halogenated alkanes) is 12. The molecule has 0 spiro atoms. The third-order valence-electron chi connectivity index (χ3n) is 5.64. The molecule has 1 amide bonds. The number of nitrogens with one attached hydrogen (secondary N) is 1. The van der Waals surface area contributed by atoms with Crippen LogP contribution in [-0.2, 0) is 14.4 Å². The van der Waals surface area contributed by atoms with Gasteiger partial charge in [0, 0.05) is 18.3 Å². The van der Waals surface area contributed by atoms with E-state index < -0.39 is 17.4 Å². The first-order valence-electron chi connectivity index (χ1n) is 12.2. The molecule has 0 aliphatic heterocycles. The zero-order valence-electron chi connectivity index (χ0n) is 20.1. The van der Waals surface area contributed by atoms with Gasteiger partial charge < -0.3 is 10.4 Å². The molecule has 0 aliphatic rings. The number of carboxylic acids is 1. The Bertz CT molecular complexity index is 482. The van der Waals surface area contributed by atoms with Crippen LogP contribution < -0.4 is 5.32 Å². The number of carbonyl (C=O) groups excluding carboxylic acids is 2. The van der Waals surface area contributed by atoms with Crippen LogP contribution in [0.15, 0.2) is 0 Å². The van der Waals surface area contributed by atoms with E-state index in [0.29, 0.717) is 6.42 Å². The largest absolute Gasteiger partial charge is 0.480 e.